The summed E-state index contributed by atoms with van der Waals surface area (Å²) in [7, 11) is -4.15. The fourth-order valence-corrected chi connectivity index (χ4v) is 8.47. The molecule has 7 rings (SSSR count). The zero-order valence-corrected chi connectivity index (χ0v) is 25.3. The van der Waals surface area contributed by atoms with Gasteiger partial charge in [0.05, 0.1) is 29.1 Å². The minimum Gasteiger partial charge on any atom is -0.507 e. The van der Waals surface area contributed by atoms with Crippen LogP contribution in [0.15, 0.2) is 90.5 Å². The number of carbonyl (C=O) groups excluding carboxylic acids is 1. The van der Waals surface area contributed by atoms with Crippen molar-refractivity contribution in [2.75, 3.05) is 13.1 Å². The van der Waals surface area contributed by atoms with Gasteiger partial charge in [0, 0.05) is 35.9 Å². The quantitative estimate of drug-likeness (QED) is 0.103. The molecule has 7 nitrogen and oxygen atoms in total. The lowest BCUT2D eigenvalue weighted by Crippen LogP contribution is -2.67. The number of phenolic OH excluding ortho intramolecular Hbond substituents is 1. The highest BCUT2D eigenvalue weighted by atomic mass is 32.2. The van der Waals surface area contributed by atoms with Crippen LogP contribution in [0.1, 0.15) is 51.6 Å². The van der Waals surface area contributed by atoms with E-state index in [1.165, 1.54) is 0 Å². The van der Waals surface area contributed by atoms with Crippen LogP contribution in [-0.2, 0) is 20.8 Å². The summed E-state index contributed by atoms with van der Waals surface area (Å²) in [5.41, 5.74) is 4.31. The lowest BCUT2D eigenvalue weighted by atomic mass is 9.71. The normalized spacial score (nSPS) is 24.1. The third-order valence-corrected chi connectivity index (χ3v) is 10.8. The van der Waals surface area contributed by atoms with Crippen LogP contribution in [0.25, 0.3) is 10.9 Å². The summed E-state index contributed by atoms with van der Waals surface area (Å²) in [6.45, 7) is 9.91. The first-order valence-corrected chi connectivity index (χ1v) is 16.1. The molecule has 4 heterocycles. The van der Waals surface area contributed by atoms with E-state index in [0.717, 1.165) is 53.5 Å². The molecule has 8 heteroatoms. The Kier molecular flexibility index (Phi) is 7.71. The Hall–Kier alpha value is -3.85. The Labute approximate surface area is 253 Å². The molecule has 43 heavy (non-hydrogen) atoms. The van der Waals surface area contributed by atoms with Crippen molar-refractivity contribution in [3.05, 3.63) is 113 Å². The molecule has 222 valence electrons. The van der Waals surface area contributed by atoms with E-state index < -0.39 is 16.2 Å². The van der Waals surface area contributed by atoms with E-state index in [2.05, 4.69) is 11.6 Å². The molecule has 4 unspecified atom stereocenters. The molecule has 3 aromatic carbocycles. The average Bonchev–Trinajstić information content (AvgIpc) is 3.01. The van der Waals surface area contributed by atoms with Gasteiger partial charge < -0.3 is 9.59 Å². The van der Waals surface area contributed by atoms with Gasteiger partial charge in [-0.2, -0.15) is 8.42 Å². The number of piperidine rings is 3. The maximum absolute atomic E-state index is 13.9. The van der Waals surface area contributed by atoms with E-state index in [9.17, 15) is 18.3 Å². The number of aldehydes is 1. The SMILES string of the molecule is C=CC1C[N+]2(Cc3cc(C)cc(C=O)c3O)CCC1CC2[C@H](OS(=O)(=O)c1ccc(C)cc1)c1ccnc2ccccc12. The number of rotatable bonds is 9. The minimum atomic E-state index is -4.15. The standard InChI is InChI=1S/C35H36N2O5S/c1-4-25-20-37(21-27-17-24(3)18-28(22-38)34(27)39)16-14-26(25)19-33(37)35(31-13-15-36-32-8-6-5-7-30(31)32)42-43(40,41)29-11-9-23(2)10-12-29/h4-13,15,17-18,22,25-26,33,35H,1,14,16,19-21H2,2-3H3/p+1/t25?,26?,33?,35-,37?/m1/s1. The zero-order chi connectivity index (χ0) is 30.4. The Morgan fingerprint density at radius 1 is 1.09 bits per heavy atom. The Morgan fingerprint density at radius 3 is 2.60 bits per heavy atom. The molecule has 3 fully saturated rings. The third kappa shape index (κ3) is 5.39. The number of benzene rings is 3. The number of phenols is 1. The molecule has 1 N–H and O–H groups in total. The van der Waals surface area contributed by atoms with Crippen molar-refractivity contribution in [1.29, 1.82) is 0 Å². The molecule has 3 aliphatic heterocycles. The molecule has 2 bridgehead atoms. The van der Waals surface area contributed by atoms with Crippen molar-refractivity contribution in [1.82, 2.24) is 4.98 Å². The summed E-state index contributed by atoms with van der Waals surface area (Å²) in [6, 6.07) is 19.7. The number of quaternary nitrogens is 1. The molecule has 3 aliphatic rings. The van der Waals surface area contributed by atoms with Crippen LogP contribution >= 0.6 is 0 Å². The molecule has 4 aromatic rings. The highest BCUT2D eigenvalue weighted by Gasteiger charge is 2.55. The number of aromatic hydroxyl groups is 1. The molecular formula is C35H37N2O5S+. The van der Waals surface area contributed by atoms with Gasteiger partial charge in [-0.25, -0.2) is 0 Å². The second-order valence-electron chi connectivity index (χ2n) is 12.2. The summed E-state index contributed by atoms with van der Waals surface area (Å²) in [4.78, 5) is 16.5. The lowest BCUT2D eigenvalue weighted by Gasteiger charge is -2.58. The summed E-state index contributed by atoms with van der Waals surface area (Å²) < 4.78 is 34.7. The molecule has 1 aromatic heterocycles. The number of pyridine rings is 1. The molecule has 0 spiro atoms. The molecule has 0 amide bonds. The first-order chi connectivity index (χ1) is 20.6. The first kappa shape index (κ1) is 29.2. The lowest BCUT2D eigenvalue weighted by molar-refractivity contribution is -0.984. The van der Waals surface area contributed by atoms with Crippen molar-refractivity contribution in [3.63, 3.8) is 0 Å². The Balaban J connectivity index is 1.52. The molecule has 3 saturated heterocycles. The van der Waals surface area contributed by atoms with E-state index in [-0.39, 0.29) is 28.2 Å². The van der Waals surface area contributed by atoms with E-state index in [1.54, 1.807) is 36.5 Å². The zero-order valence-electron chi connectivity index (χ0n) is 24.5. The number of nitrogens with zero attached hydrogens (tertiary/aromatic N) is 2. The number of carbonyl (C=O) groups is 1. The summed E-state index contributed by atoms with van der Waals surface area (Å²) in [6.07, 6.45) is 5.28. The highest BCUT2D eigenvalue weighted by Crippen LogP contribution is 2.50. The molecule has 0 aliphatic carbocycles. The van der Waals surface area contributed by atoms with Crippen LogP contribution in [0.4, 0.5) is 0 Å². The first-order valence-electron chi connectivity index (χ1n) is 14.7. The molecular weight excluding hydrogens is 560 g/mol. The highest BCUT2D eigenvalue weighted by molar-refractivity contribution is 7.86. The summed E-state index contributed by atoms with van der Waals surface area (Å²) in [5.74, 6) is 0.556. The van der Waals surface area contributed by atoms with Crippen molar-refractivity contribution in [2.45, 2.75) is 50.3 Å². The van der Waals surface area contributed by atoms with Gasteiger partial charge in [-0.3, -0.25) is 14.0 Å². The smallest absolute Gasteiger partial charge is 0.297 e. The Morgan fingerprint density at radius 2 is 1.86 bits per heavy atom. The van der Waals surface area contributed by atoms with Gasteiger partial charge in [0.2, 0.25) is 0 Å². The predicted octanol–water partition coefficient (Wildman–Crippen LogP) is 6.43. The largest absolute Gasteiger partial charge is 0.507 e. The van der Waals surface area contributed by atoms with E-state index in [0.29, 0.717) is 28.8 Å². The minimum absolute atomic E-state index is 0.0196. The number of para-hydroxylation sites is 1. The fraction of sp³-hybridized carbons (Fsp3) is 0.314. The number of aryl methyl sites for hydroxylation is 2. The second-order valence-corrected chi connectivity index (χ2v) is 13.8. The average molecular weight is 598 g/mol. The van der Waals surface area contributed by atoms with E-state index in [1.807, 2.05) is 56.3 Å². The van der Waals surface area contributed by atoms with Crippen LogP contribution in [-0.4, -0.2) is 48.4 Å². The van der Waals surface area contributed by atoms with Crippen LogP contribution in [0.2, 0.25) is 0 Å². The molecule has 0 saturated carbocycles. The maximum atomic E-state index is 13.9. The van der Waals surface area contributed by atoms with Crippen LogP contribution in [0.3, 0.4) is 0 Å². The van der Waals surface area contributed by atoms with Crippen molar-refractivity contribution < 1.29 is 27.0 Å². The monoisotopic (exact) mass is 597 g/mol. The van der Waals surface area contributed by atoms with E-state index in [4.69, 9.17) is 4.18 Å². The van der Waals surface area contributed by atoms with E-state index >= 15 is 0 Å². The van der Waals surface area contributed by atoms with Gasteiger partial charge in [0.15, 0.2) is 12.4 Å². The topological polar surface area (TPSA) is 93.6 Å². The number of hydrogen-bond acceptors (Lipinski definition) is 6. The summed E-state index contributed by atoms with van der Waals surface area (Å²) in [5, 5.41) is 12.0. The predicted molar refractivity (Wildman–Crippen MR) is 166 cm³/mol. The van der Waals surface area contributed by atoms with Crippen LogP contribution in [0, 0.1) is 25.7 Å². The van der Waals surface area contributed by atoms with Crippen molar-refractivity contribution in [3.8, 4) is 5.75 Å². The van der Waals surface area contributed by atoms with Gasteiger partial charge in [-0.1, -0.05) is 42.0 Å². The van der Waals surface area contributed by atoms with Crippen molar-refractivity contribution in [2.24, 2.45) is 11.8 Å². The number of fused-ring (bicyclic) bond motifs is 4. The molecule has 5 atom stereocenters. The fourth-order valence-electron chi connectivity index (χ4n) is 7.38. The second kappa shape index (κ2) is 11.3. The van der Waals surface area contributed by atoms with Gasteiger partial charge in [0.1, 0.15) is 18.3 Å². The number of hydrogen-bond donors (Lipinski definition) is 1. The van der Waals surface area contributed by atoms with Crippen molar-refractivity contribution >= 4 is 27.3 Å². The van der Waals surface area contributed by atoms with Crippen LogP contribution in [0.5, 0.6) is 5.75 Å². The Bertz CT molecular complexity index is 1800. The van der Waals surface area contributed by atoms with Gasteiger partial charge in [-0.15, -0.1) is 6.58 Å². The summed E-state index contributed by atoms with van der Waals surface area (Å²) >= 11 is 0. The number of aromatic nitrogens is 1. The van der Waals surface area contributed by atoms with Gasteiger partial charge >= 0.3 is 0 Å². The molecule has 0 radical (unpaired) electrons. The van der Waals surface area contributed by atoms with Gasteiger partial charge in [-0.05, 0) is 67.3 Å². The van der Waals surface area contributed by atoms with Crippen LogP contribution < -0.4 is 0 Å². The maximum Gasteiger partial charge on any atom is 0.297 e. The third-order valence-electron chi connectivity index (χ3n) is 9.53. The van der Waals surface area contributed by atoms with Gasteiger partial charge in [0.25, 0.3) is 10.1 Å².